The molecule has 0 saturated heterocycles. The number of aliphatic carboxylic acids is 3. The molecular weight excluding hydrogens is 480 g/mol. The van der Waals surface area contributed by atoms with E-state index in [0.29, 0.717) is 0 Å². The molecule has 1 saturated carbocycles. The molecule has 1 fully saturated rings. The summed E-state index contributed by atoms with van der Waals surface area (Å²) in [7, 11) is 1.59. The van der Waals surface area contributed by atoms with Crippen molar-refractivity contribution in [1.82, 2.24) is 0 Å². The summed E-state index contributed by atoms with van der Waals surface area (Å²) in [6.07, 6.45) is 14.5. The zero-order valence-electron chi connectivity index (χ0n) is 20.9. The van der Waals surface area contributed by atoms with Crippen LogP contribution < -0.4 is 4.74 Å². The van der Waals surface area contributed by atoms with E-state index in [2.05, 4.69) is 0 Å². The predicted molar refractivity (Wildman–Crippen MR) is 143 cm³/mol. The van der Waals surface area contributed by atoms with Crippen LogP contribution in [0.25, 0.3) is 6.08 Å². The van der Waals surface area contributed by atoms with Crippen molar-refractivity contribution in [3.05, 3.63) is 58.3 Å². The first kappa shape index (κ1) is 30.9. The van der Waals surface area contributed by atoms with E-state index >= 15 is 0 Å². The molecule has 198 valence electrons. The van der Waals surface area contributed by atoms with Gasteiger partial charge in [-0.3, -0.25) is 9.59 Å². The Balaban J connectivity index is 0.000000276. The first-order chi connectivity index (χ1) is 17.3. The SMILES string of the molecule is COc1ccc(C=CC(=O)O)cc1.O=C(O)C1CCCCCCCCCC1.O=C(O)Cc1cccs1. The molecule has 0 spiro atoms. The summed E-state index contributed by atoms with van der Waals surface area (Å²) in [6, 6.07) is 10.8. The van der Waals surface area contributed by atoms with E-state index in [1.54, 1.807) is 31.4 Å². The molecule has 0 unspecified atom stereocenters. The van der Waals surface area contributed by atoms with Crippen LogP contribution in [0, 0.1) is 5.92 Å². The van der Waals surface area contributed by atoms with Crippen LogP contribution in [0.5, 0.6) is 5.75 Å². The number of carboxylic acids is 3. The first-order valence-electron chi connectivity index (χ1n) is 12.3. The Kier molecular flexibility index (Phi) is 16.4. The molecule has 8 heteroatoms. The lowest BCUT2D eigenvalue weighted by Gasteiger charge is -2.10. The Morgan fingerprint density at radius 3 is 1.86 bits per heavy atom. The van der Waals surface area contributed by atoms with E-state index in [0.717, 1.165) is 47.9 Å². The zero-order chi connectivity index (χ0) is 26.6. The van der Waals surface area contributed by atoms with Gasteiger partial charge >= 0.3 is 17.9 Å². The van der Waals surface area contributed by atoms with Crippen molar-refractivity contribution in [2.75, 3.05) is 7.11 Å². The van der Waals surface area contributed by atoms with Gasteiger partial charge in [0, 0.05) is 11.0 Å². The van der Waals surface area contributed by atoms with Gasteiger partial charge in [-0.2, -0.15) is 0 Å². The maximum atomic E-state index is 10.9. The molecule has 3 N–H and O–H groups in total. The van der Waals surface area contributed by atoms with E-state index in [1.165, 1.54) is 55.9 Å². The second-order valence-electron chi connectivity index (χ2n) is 8.54. The quantitative estimate of drug-likeness (QED) is 0.361. The second kappa shape index (κ2) is 19.1. The van der Waals surface area contributed by atoms with Gasteiger partial charge in [-0.1, -0.05) is 69.6 Å². The topological polar surface area (TPSA) is 121 Å². The number of benzene rings is 1. The maximum Gasteiger partial charge on any atom is 0.328 e. The maximum absolute atomic E-state index is 10.9. The Bertz CT molecular complexity index is 892. The molecule has 2 aromatic rings. The van der Waals surface area contributed by atoms with E-state index < -0.39 is 17.9 Å². The van der Waals surface area contributed by atoms with Gasteiger partial charge in [0.1, 0.15) is 5.75 Å². The third-order valence-electron chi connectivity index (χ3n) is 5.64. The molecule has 1 aromatic carbocycles. The summed E-state index contributed by atoms with van der Waals surface area (Å²) in [4.78, 5) is 32.1. The van der Waals surface area contributed by atoms with Crippen molar-refractivity contribution >= 4 is 35.3 Å². The fraction of sp³-hybridized carbons (Fsp3) is 0.464. The highest BCUT2D eigenvalue weighted by Crippen LogP contribution is 2.21. The van der Waals surface area contributed by atoms with Crippen molar-refractivity contribution in [2.24, 2.45) is 5.92 Å². The molecule has 0 amide bonds. The average Bonchev–Trinajstić information content (AvgIpc) is 3.33. The van der Waals surface area contributed by atoms with Crippen LogP contribution in [0.3, 0.4) is 0 Å². The Hall–Kier alpha value is -3.13. The van der Waals surface area contributed by atoms with Crippen molar-refractivity contribution < 1.29 is 34.4 Å². The van der Waals surface area contributed by atoms with Gasteiger partial charge in [-0.15, -0.1) is 11.3 Å². The van der Waals surface area contributed by atoms with Crippen LogP contribution in [0.1, 0.15) is 74.6 Å². The number of carbonyl (C=O) groups is 3. The van der Waals surface area contributed by atoms with Crippen molar-refractivity contribution in [3.8, 4) is 5.75 Å². The number of rotatable bonds is 6. The third kappa shape index (κ3) is 15.7. The smallest absolute Gasteiger partial charge is 0.328 e. The fourth-order valence-corrected chi connectivity index (χ4v) is 4.37. The molecule has 0 aliphatic heterocycles. The van der Waals surface area contributed by atoms with Crippen molar-refractivity contribution in [1.29, 1.82) is 0 Å². The third-order valence-corrected chi connectivity index (χ3v) is 6.52. The van der Waals surface area contributed by atoms with Crippen LogP contribution in [-0.4, -0.2) is 40.3 Å². The summed E-state index contributed by atoms with van der Waals surface area (Å²) >= 11 is 1.47. The summed E-state index contributed by atoms with van der Waals surface area (Å²) in [6.45, 7) is 0. The van der Waals surface area contributed by atoms with Gasteiger partial charge in [-0.25, -0.2) is 4.79 Å². The average molecular weight is 519 g/mol. The van der Waals surface area contributed by atoms with E-state index in [9.17, 15) is 14.4 Å². The van der Waals surface area contributed by atoms with E-state index in [-0.39, 0.29) is 12.3 Å². The highest BCUT2D eigenvalue weighted by atomic mass is 32.1. The summed E-state index contributed by atoms with van der Waals surface area (Å²) in [5.74, 6) is -1.60. The standard InChI is InChI=1S/C12H22O2.C10H10O3.C6H6O2S/c13-12(14)11-9-7-5-3-1-2-4-6-8-10-11;1-13-9-5-2-8(3-6-9)4-7-10(11)12;7-6(8)4-5-2-1-3-9-5/h11H,1-10H2,(H,13,14);2-7H,1H3,(H,11,12);1-3H,4H2,(H,7,8). The number of thiophene rings is 1. The molecule has 0 atom stereocenters. The van der Waals surface area contributed by atoms with Crippen LogP contribution in [0.4, 0.5) is 0 Å². The molecule has 0 radical (unpaired) electrons. The lowest BCUT2D eigenvalue weighted by atomic mass is 9.96. The predicted octanol–water partition coefficient (Wildman–Crippen LogP) is 6.77. The van der Waals surface area contributed by atoms with Crippen molar-refractivity contribution in [3.63, 3.8) is 0 Å². The molecule has 36 heavy (non-hydrogen) atoms. The highest BCUT2D eigenvalue weighted by molar-refractivity contribution is 7.10. The number of methoxy groups -OCH3 is 1. The van der Waals surface area contributed by atoms with Crippen LogP contribution in [0.2, 0.25) is 0 Å². The Morgan fingerprint density at radius 2 is 1.44 bits per heavy atom. The number of carboxylic acid groups (broad SMARTS) is 3. The minimum atomic E-state index is -0.948. The first-order valence-corrected chi connectivity index (χ1v) is 13.2. The molecule has 1 aliphatic carbocycles. The fourth-order valence-electron chi connectivity index (χ4n) is 3.68. The number of hydrogen-bond acceptors (Lipinski definition) is 5. The van der Waals surface area contributed by atoms with Gasteiger partial charge < -0.3 is 20.1 Å². The normalized spacial score (nSPS) is 14.8. The van der Waals surface area contributed by atoms with Gasteiger partial charge in [0.25, 0.3) is 0 Å². The monoisotopic (exact) mass is 518 g/mol. The second-order valence-corrected chi connectivity index (χ2v) is 9.57. The van der Waals surface area contributed by atoms with Gasteiger partial charge in [0.2, 0.25) is 0 Å². The molecule has 7 nitrogen and oxygen atoms in total. The van der Waals surface area contributed by atoms with Crippen molar-refractivity contribution in [2.45, 2.75) is 70.6 Å². The van der Waals surface area contributed by atoms with E-state index in [1.807, 2.05) is 17.5 Å². The summed E-state index contributed by atoms with van der Waals surface area (Å²) in [5.41, 5.74) is 0.836. The van der Waals surface area contributed by atoms with E-state index in [4.69, 9.17) is 20.1 Å². The molecule has 3 rings (SSSR count). The molecule has 1 aromatic heterocycles. The lowest BCUT2D eigenvalue weighted by Crippen LogP contribution is -2.13. The van der Waals surface area contributed by atoms with Gasteiger partial charge in [0.15, 0.2) is 0 Å². The molecule has 0 bridgehead atoms. The number of hydrogen-bond donors (Lipinski definition) is 3. The number of ether oxygens (including phenoxy) is 1. The van der Waals surface area contributed by atoms with Crippen LogP contribution in [-0.2, 0) is 20.8 Å². The lowest BCUT2D eigenvalue weighted by molar-refractivity contribution is -0.142. The van der Waals surface area contributed by atoms with Gasteiger partial charge in [-0.05, 0) is 48.1 Å². The Labute approximate surface area is 217 Å². The Morgan fingerprint density at radius 1 is 0.889 bits per heavy atom. The summed E-state index contributed by atoms with van der Waals surface area (Å²) < 4.78 is 4.95. The van der Waals surface area contributed by atoms with Gasteiger partial charge in [0.05, 0.1) is 19.4 Å². The molecule has 1 aliphatic rings. The highest BCUT2D eigenvalue weighted by Gasteiger charge is 2.16. The minimum absolute atomic E-state index is 0.0619. The van der Waals surface area contributed by atoms with Crippen LogP contribution in [0.15, 0.2) is 47.9 Å². The zero-order valence-corrected chi connectivity index (χ0v) is 21.8. The van der Waals surface area contributed by atoms with Crippen LogP contribution >= 0.6 is 11.3 Å². The summed E-state index contributed by atoms with van der Waals surface area (Å²) in [5, 5.41) is 27.5. The minimum Gasteiger partial charge on any atom is -0.497 e. The largest absolute Gasteiger partial charge is 0.497 e. The molecular formula is C28H38O7S. The molecule has 1 heterocycles.